The zero-order valence-corrected chi connectivity index (χ0v) is 19.3. The summed E-state index contributed by atoms with van der Waals surface area (Å²) in [5.41, 5.74) is -0.667. The van der Waals surface area contributed by atoms with Crippen LogP contribution in [0.5, 0.6) is 0 Å². The molecule has 2 atom stereocenters. The van der Waals surface area contributed by atoms with Gasteiger partial charge in [0.05, 0.1) is 6.54 Å². The van der Waals surface area contributed by atoms with Crippen LogP contribution in [0.15, 0.2) is 35.5 Å². The van der Waals surface area contributed by atoms with Gasteiger partial charge in [0, 0.05) is 12.0 Å². The Balaban J connectivity index is 2.12. The molecule has 1 aliphatic rings. The number of carbonyl (C=O) groups excluding carboxylic acids is 3. The number of rotatable bonds is 6. The van der Waals surface area contributed by atoms with E-state index in [9.17, 15) is 14.4 Å². The summed E-state index contributed by atoms with van der Waals surface area (Å²) >= 11 is 0. The second-order valence-corrected chi connectivity index (χ2v) is 9.51. The first-order valence-corrected chi connectivity index (χ1v) is 10.3. The molecule has 0 N–H and O–H groups in total. The fraction of sp³-hybridized carbons (Fsp3) is 0.565. The Bertz CT molecular complexity index is 836. The summed E-state index contributed by atoms with van der Waals surface area (Å²) in [6.07, 6.45) is -1.04. The number of hydrogen-bond acceptors (Lipinski definition) is 7. The molecule has 170 valence electrons. The van der Waals surface area contributed by atoms with Crippen molar-refractivity contribution in [2.75, 3.05) is 6.54 Å². The van der Waals surface area contributed by atoms with E-state index in [0.29, 0.717) is 5.56 Å². The van der Waals surface area contributed by atoms with Crippen LogP contribution in [-0.2, 0) is 19.1 Å². The summed E-state index contributed by atoms with van der Waals surface area (Å²) in [4.78, 5) is 44.7. The summed E-state index contributed by atoms with van der Waals surface area (Å²) in [6.45, 7) is 12.1. The van der Waals surface area contributed by atoms with Crippen molar-refractivity contribution in [3.8, 4) is 0 Å². The highest BCUT2D eigenvalue weighted by Crippen LogP contribution is 2.20. The van der Waals surface area contributed by atoms with Crippen molar-refractivity contribution >= 4 is 23.6 Å². The van der Waals surface area contributed by atoms with Gasteiger partial charge in [0.2, 0.25) is 5.78 Å². The molecular formula is C23H32N2O6. The SMILES string of the molecule is C[C@@H](C(=O)OC(C)(C)C)N(C[C@@H]1CC(C(=O)c2ccccc2)=NO1)C(=O)OC(C)(C)C. The zero-order chi connectivity index (χ0) is 23.4. The summed E-state index contributed by atoms with van der Waals surface area (Å²) in [6, 6.07) is 7.86. The number of Topliss-reactive ketones (excluding diaryl/α,β-unsaturated/α-hetero) is 1. The average Bonchev–Trinajstić information content (AvgIpc) is 3.11. The van der Waals surface area contributed by atoms with Gasteiger partial charge in [-0.1, -0.05) is 35.5 Å². The molecule has 8 heteroatoms. The first kappa shape index (κ1) is 24.4. The first-order valence-electron chi connectivity index (χ1n) is 10.3. The number of carbonyl (C=O) groups is 3. The molecule has 1 aliphatic heterocycles. The molecule has 0 saturated heterocycles. The third-order valence-corrected chi connectivity index (χ3v) is 4.27. The summed E-state index contributed by atoms with van der Waals surface area (Å²) < 4.78 is 10.9. The van der Waals surface area contributed by atoms with Gasteiger partial charge in [-0.2, -0.15) is 0 Å². The van der Waals surface area contributed by atoms with E-state index in [1.807, 2.05) is 6.07 Å². The molecule has 0 bridgehead atoms. The Labute approximate surface area is 183 Å². The van der Waals surface area contributed by atoms with Crippen LogP contribution in [0.1, 0.15) is 65.2 Å². The van der Waals surface area contributed by atoms with Gasteiger partial charge in [-0.05, 0) is 48.5 Å². The largest absolute Gasteiger partial charge is 0.458 e. The Morgan fingerprint density at radius 2 is 1.65 bits per heavy atom. The van der Waals surface area contributed by atoms with E-state index >= 15 is 0 Å². The van der Waals surface area contributed by atoms with Crippen molar-refractivity contribution < 1.29 is 28.7 Å². The maximum absolute atomic E-state index is 12.8. The fourth-order valence-electron chi connectivity index (χ4n) is 2.86. The molecule has 1 aromatic carbocycles. The number of amides is 1. The van der Waals surface area contributed by atoms with Crippen LogP contribution in [0, 0.1) is 0 Å². The maximum Gasteiger partial charge on any atom is 0.411 e. The van der Waals surface area contributed by atoms with Crippen molar-refractivity contribution in [2.24, 2.45) is 5.16 Å². The number of hydrogen-bond donors (Lipinski definition) is 0. The van der Waals surface area contributed by atoms with Gasteiger partial charge >= 0.3 is 12.1 Å². The number of esters is 1. The van der Waals surface area contributed by atoms with E-state index in [2.05, 4.69) is 5.16 Å². The van der Waals surface area contributed by atoms with Crippen LogP contribution in [0.3, 0.4) is 0 Å². The molecule has 0 aliphatic carbocycles. The summed E-state index contributed by atoms with van der Waals surface area (Å²) in [7, 11) is 0. The third kappa shape index (κ3) is 7.38. The highest BCUT2D eigenvalue weighted by Gasteiger charge is 2.37. The summed E-state index contributed by atoms with van der Waals surface area (Å²) in [5, 5.41) is 3.92. The molecule has 0 spiro atoms. The number of benzene rings is 1. The van der Waals surface area contributed by atoms with Gasteiger partial charge in [-0.3, -0.25) is 9.69 Å². The first-order chi connectivity index (χ1) is 14.3. The van der Waals surface area contributed by atoms with Crippen LogP contribution < -0.4 is 0 Å². The number of ether oxygens (including phenoxy) is 2. The van der Waals surface area contributed by atoms with E-state index in [-0.39, 0.29) is 24.5 Å². The monoisotopic (exact) mass is 432 g/mol. The van der Waals surface area contributed by atoms with E-state index in [0.717, 1.165) is 0 Å². The van der Waals surface area contributed by atoms with E-state index < -0.39 is 35.4 Å². The van der Waals surface area contributed by atoms with Crippen LogP contribution in [0.2, 0.25) is 0 Å². The lowest BCUT2D eigenvalue weighted by atomic mass is 10.0. The lowest BCUT2D eigenvalue weighted by molar-refractivity contribution is -0.161. The lowest BCUT2D eigenvalue weighted by Crippen LogP contribution is -2.50. The van der Waals surface area contributed by atoms with E-state index in [4.69, 9.17) is 14.3 Å². The van der Waals surface area contributed by atoms with Crippen molar-refractivity contribution in [3.63, 3.8) is 0 Å². The molecule has 0 unspecified atom stereocenters. The Morgan fingerprint density at radius 1 is 1.06 bits per heavy atom. The number of nitrogens with zero attached hydrogens (tertiary/aromatic N) is 2. The molecule has 0 radical (unpaired) electrons. The minimum Gasteiger partial charge on any atom is -0.458 e. The van der Waals surface area contributed by atoms with Crippen molar-refractivity contribution in [3.05, 3.63) is 35.9 Å². The van der Waals surface area contributed by atoms with Crippen molar-refractivity contribution in [2.45, 2.75) is 78.2 Å². The quantitative estimate of drug-likeness (QED) is 0.498. The maximum atomic E-state index is 12.8. The average molecular weight is 433 g/mol. The topological polar surface area (TPSA) is 94.5 Å². The Hall–Kier alpha value is -2.90. The molecule has 31 heavy (non-hydrogen) atoms. The van der Waals surface area contributed by atoms with Crippen LogP contribution in [0.4, 0.5) is 4.79 Å². The predicted molar refractivity (Wildman–Crippen MR) is 116 cm³/mol. The normalized spacial score (nSPS) is 17.3. The van der Waals surface area contributed by atoms with E-state index in [1.54, 1.807) is 72.7 Å². The number of ketones is 1. The highest BCUT2D eigenvalue weighted by molar-refractivity contribution is 6.46. The minimum atomic E-state index is -0.911. The molecule has 1 heterocycles. The van der Waals surface area contributed by atoms with Gasteiger partial charge in [0.15, 0.2) is 6.10 Å². The molecule has 2 rings (SSSR count). The third-order valence-electron chi connectivity index (χ3n) is 4.27. The van der Waals surface area contributed by atoms with Gasteiger partial charge in [0.25, 0.3) is 0 Å². The number of oxime groups is 1. The molecule has 0 saturated carbocycles. The Morgan fingerprint density at radius 3 is 2.19 bits per heavy atom. The second-order valence-electron chi connectivity index (χ2n) is 9.51. The highest BCUT2D eigenvalue weighted by atomic mass is 16.6. The predicted octanol–water partition coefficient (Wildman–Crippen LogP) is 3.98. The smallest absolute Gasteiger partial charge is 0.411 e. The standard InChI is InChI=1S/C23H32N2O6/c1-15(20(27)29-22(2,3)4)25(21(28)30-23(5,6)7)14-17-13-18(24-31-17)19(26)16-11-9-8-10-12-16/h8-12,15,17H,13-14H2,1-7H3/t15-,17-/m0/s1. The Kier molecular flexibility index (Phi) is 7.46. The molecule has 1 amide bonds. The molecular weight excluding hydrogens is 400 g/mol. The van der Waals surface area contributed by atoms with Crippen molar-refractivity contribution in [1.29, 1.82) is 0 Å². The van der Waals surface area contributed by atoms with Gasteiger partial charge in [-0.25, -0.2) is 9.59 Å². The van der Waals surface area contributed by atoms with Gasteiger partial charge in [0.1, 0.15) is 23.0 Å². The summed E-state index contributed by atoms with van der Waals surface area (Å²) in [5.74, 6) is -0.787. The molecule has 8 nitrogen and oxygen atoms in total. The van der Waals surface area contributed by atoms with Crippen LogP contribution >= 0.6 is 0 Å². The molecule has 0 aromatic heterocycles. The molecule has 0 fully saturated rings. The lowest BCUT2D eigenvalue weighted by Gasteiger charge is -2.33. The fourth-order valence-corrected chi connectivity index (χ4v) is 2.86. The van der Waals surface area contributed by atoms with Gasteiger partial charge in [-0.15, -0.1) is 0 Å². The van der Waals surface area contributed by atoms with Gasteiger partial charge < -0.3 is 14.3 Å². The minimum absolute atomic E-state index is 0.0182. The van der Waals surface area contributed by atoms with Crippen LogP contribution in [0.25, 0.3) is 0 Å². The van der Waals surface area contributed by atoms with Crippen LogP contribution in [-0.4, -0.2) is 58.4 Å². The zero-order valence-electron chi connectivity index (χ0n) is 19.3. The van der Waals surface area contributed by atoms with E-state index in [1.165, 1.54) is 4.90 Å². The second kappa shape index (κ2) is 9.49. The molecule has 1 aromatic rings. The van der Waals surface area contributed by atoms with Crippen molar-refractivity contribution in [1.82, 2.24) is 4.90 Å².